The third-order valence-electron chi connectivity index (χ3n) is 3.02. The average Bonchev–Trinajstić information content (AvgIpc) is 2.41. The fraction of sp³-hybridized carbons (Fsp3) is 0.533. The molecule has 0 saturated heterocycles. The minimum Gasteiger partial charge on any atom is -0.399 e. The summed E-state index contributed by atoms with van der Waals surface area (Å²) in [6.07, 6.45) is 0.676. The predicted molar refractivity (Wildman–Crippen MR) is 84.1 cm³/mol. The number of nitrogens with one attached hydrogen (secondary N) is 1. The molecule has 0 saturated carbocycles. The van der Waals surface area contributed by atoms with E-state index in [1.807, 2.05) is 11.9 Å². The van der Waals surface area contributed by atoms with Crippen LogP contribution in [0.25, 0.3) is 0 Å². The lowest BCUT2D eigenvalue weighted by atomic mass is 10.2. The van der Waals surface area contributed by atoms with Gasteiger partial charge in [0.05, 0.1) is 12.7 Å². The Labute approximate surface area is 125 Å². The van der Waals surface area contributed by atoms with Gasteiger partial charge in [0.1, 0.15) is 0 Å². The number of aliphatic hydroxyl groups excluding tert-OH is 1. The van der Waals surface area contributed by atoms with Crippen molar-refractivity contribution in [2.24, 2.45) is 0 Å². The highest BCUT2D eigenvalue weighted by atomic mass is 16.5. The lowest BCUT2D eigenvalue weighted by molar-refractivity contribution is -0.116. The van der Waals surface area contributed by atoms with E-state index in [-0.39, 0.29) is 5.91 Å². The van der Waals surface area contributed by atoms with Crippen LogP contribution < -0.4 is 11.1 Å². The Morgan fingerprint density at radius 1 is 1.43 bits per heavy atom. The van der Waals surface area contributed by atoms with E-state index >= 15 is 0 Å². The van der Waals surface area contributed by atoms with E-state index in [0.717, 1.165) is 18.7 Å². The maximum Gasteiger partial charge on any atom is 0.224 e. The summed E-state index contributed by atoms with van der Waals surface area (Å²) in [5.74, 6) is -0.0226. The number of aliphatic hydroxyl groups is 1. The largest absolute Gasteiger partial charge is 0.399 e. The van der Waals surface area contributed by atoms with Gasteiger partial charge in [0.2, 0.25) is 5.91 Å². The van der Waals surface area contributed by atoms with Crippen LogP contribution in [0, 0.1) is 0 Å². The fourth-order valence-electron chi connectivity index (χ4n) is 2.00. The molecule has 0 aromatic heterocycles. The maximum absolute atomic E-state index is 11.8. The molecular formula is C15H25N3O3. The minimum absolute atomic E-state index is 0.0226. The van der Waals surface area contributed by atoms with E-state index in [4.69, 9.17) is 10.5 Å². The number of hydrogen-bond acceptors (Lipinski definition) is 5. The molecule has 21 heavy (non-hydrogen) atoms. The van der Waals surface area contributed by atoms with Crippen molar-refractivity contribution in [3.8, 4) is 0 Å². The Hall–Kier alpha value is -1.63. The fourth-order valence-corrected chi connectivity index (χ4v) is 2.00. The number of rotatable bonds is 9. The molecule has 4 N–H and O–H groups in total. The molecule has 1 atom stereocenters. The van der Waals surface area contributed by atoms with E-state index < -0.39 is 6.10 Å². The van der Waals surface area contributed by atoms with Crippen molar-refractivity contribution in [2.75, 3.05) is 44.9 Å². The molecule has 1 unspecified atom stereocenters. The SMILES string of the molecule is COCC(O)CN(C)CCCC(=O)Nc1ccc(N)cc1. The Kier molecular flexibility index (Phi) is 7.74. The molecule has 1 aromatic rings. The van der Waals surface area contributed by atoms with E-state index in [2.05, 4.69) is 5.32 Å². The number of nitrogens with two attached hydrogens (primary N) is 1. The molecule has 6 heteroatoms. The zero-order valence-corrected chi connectivity index (χ0v) is 12.7. The number of ether oxygens (including phenoxy) is 1. The lowest BCUT2D eigenvalue weighted by Gasteiger charge is -2.19. The lowest BCUT2D eigenvalue weighted by Crippen LogP contribution is -2.32. The van der Waals surface area contributed by atoms with Gasteiger partial charge in [-0.2, -0.15) is 0 Å². The third kappa shape index (κ3) is 7.65. The zero-order valence-electron chi connectivity index (χ0n) is 12.7. The second kappa shape index (κ2) is 9.33. The number of benzene rings is 1. The van der Waals surface area contributed by atoms with Crippen molar-refractivity contribution >= 4 is 17.3 Å². The van der Waals surface area contributed by atoms with Crippen LogP contribution in [-0.4, -0.2) is 55.9 Å². The second-order valence-electron chi connectivity index (χ2n) is 5.15. The van der Waals surface area contributed by atoms with Crippen molar-refractivity contribution < 1.29 is 14.6 Å². The molecule has 0 aliphatic carbocycles. The first-order valence-corrected chi connectivity index (χ1v) is 7.02. The van der Waals surface area contributed by atoms with Crippen molar-refractivity contribution in [1.82, 2.24) is 4.90 Å². The third-order valence-corrected chi connectivity index (χ3v) is 3.02. The number of hydrogen-bond donors (Lipinski definition) is 3. The molecule has 0 aliphatic rings. The van der Waals surface area contributed by atoms with Crippen LogP contribution in [0.2, 0.25) is 0 Å². The molecule has 0 radical (unpaired) electrons. The van der Waals surface area contributed by atoms with Gasteiger partial charge in [-0.3, -0.25) is 4.79 Å². The van der Waals surface area contributed by atoms with Gasteiger partial charge in [-0.1, -0.05) is 0 Å². The van der Waals surface area contributed by atoms with Crippen LogP contribution in [0.5, 0.6) is 0 Å². The van der Waals surface area contributed by atoms with Crippen LogP contribution >= 0.6 is 0 Å². The number of likely N-dealkylation sites (N-methyl/N-ethyl adjacent to an activating group) is 1. The second-order valence-corrected chi connectivity index (χ2v) is 5.15. The molecule has 0 aliphatic heterocycles. The molecule has 0 heterocycles. The van der Waals surface area contributed by atoms with Gasteiger partial charge in [0.15, 0.2) is 0 Å². The number of amides is 1. The van der Waals surface area contributed by atoms with Crippen molar-refractivity contribution in [1.29, 1.82) is 0 Å². The number of anilines is 2. The molecule has 1 amide bonds. The summed E-state index contributed by atoms with van der Waals surface area (Å²) in [6, 6.07) is 7.06. The van der Waals surface area contributed by atoms with Crippen molar-refractivity contribution in [3.63, 3.8) is 0 Å². The molecule has 118 valence electrons. The van der Waals surface area contributed by atoms with E-state index in [0.29, 0.717) is 25.3 Å². The summed E-state index contributed by atoms with van der Waals surface area (Å²) < 4.78 is 4.87. The zero-order chi connectivity index (χ0) is 15.7. The van der Waals surface area contributed by atoms with Crippen LogP contribution in [0.4, 0.5) is 11.4 Å². The summed E-state index contributed by atoms with van der Waals surface area (Å²) in [7, 11) is 3.47. The topological polar surface area (TPSA) is 87.8 Å². The van der Waals surface area contributed by atoms with Crippen LogP contribution in [-0.2, 0) is 9.53 Å². The summed E-state index contributed by atoms with van der Waals surface area (Å²) in [5, 5.41) is 12.4. The van der Waals surface area contributed by atoms with Crippen LogP contribution in [0.1, 0.15) is 12.8 Å². The van der Waals surface area contributed by atoms with Gasteiger partial charge >= 0.3 is 0 Å². The van der Waals surface area contributed by atoms with Crippen molar-refractivity contribution in [2.45, 2.75) is 18.9 Å². The summed E-state index contributed by atoms with van der Waals surface area (Å²) in [4.78, 5) is 13.8. The highest BCUT2D eigenvalue weighted by Gasteiger charge is 2.08. The Morgan fingerprint density at radius 3 is 2.71 bits per heavy atom. The first-order chi connectivity index (χ1) is 10.0. The highest BCUT2D eigenvalue weighted by molar-refractivity contribution is 5.90. The Balaban J connectivity index is 2.19. The van der Waals surface area contributed by atoms with E-state index in [1.165, 1.54) is 0 Å². The smallest absolute Gasteiger partial charge is 0.224 e. The number of carbonyl (C=O) groups excluding carboxylic acids is 1. The molecule has 1 aromatic carbocycles. The molecular weight excluding hydrogens is 270 g/mol. The molecule has 1 rings (SSSR count). The Bertz CT molecular complexity index is 423. The van der Waals surface area contributed by atoms with Gasteiger partial charge in [0, 0.05) is 31.5 Å². The monoisotopic (exact) mass is 295 g/mol. The Morgan fingerprint density at radius 2 is 2.10 bits per heavy atom. The van der Waals surface area contributed by atoms with Gasteiger partial charge in [-0.05, 0) is 44.3 Å². The van der Waals surface area contributed by atoms with Gasteiger partial charge in [0.25, 0.3) is 0 Å². The minimum atomic E-state index is -0.497. The number of nitrogen functional groups attached to an aromatic ring is 1. The normalized spacial score (nSPS) is 12.4. The first-order valence-electron chi connectivity index (χ1n) is 7.02. The first kappa shape index (κ1) is 17.4. The number of methoxy groups -OCH3 is 1. The highest BCUT2D eigenvalue weighted by Crippen LogP contribution is 2.11. The molecule has 0 bridgehead atoms. The summed E-state index contributed by atoms with van der Waals surface area (Å²) in [6.45, 7) is 1.60. The maximum atomic E-state index is 11.8. The van der Waals surface area contributed by atoms with E-state index in [1.54, 1.807) is 31.4 Å². The van der Waals surface area contributed by atoms with Gasteiger partial charge in [-0.25, -0.2) is 0 Å². The summed E-state index contributed by atoms with van der Waals surface area (Å²) in [5.41, 5.74) is 7.00. The average molecular weight is 295 g/mol. The van der Waals surface area contributed by atoms with Crippen molar-refractivity contribution in [3.05, 3.63) is 24.3 Å². The van der Waals surface area contributed by atoms with Crippen LogP contribution in [0.3, 0.4) is 0 Å². The van der Waals surface area contributed by atoms with Crippen LogP contribution in [0.15, 0.2) is 24.3 Å². The van der Waals surface area contributed by atoms with Gasteiger partial charge in [-0.15, -0.1) is 0 Å². The summed E-state index contributed by atoms with van der Waals surface area (Å²) >= 11 is 0. The van der Waals surface area contributed by atoms with Gasteiger partial charge < -0.3 is 25.8 Å². The predicted octanol–water partition coefficient (Wildman–Crippen LogP) is 0.927. The molecule has 6 nitrogen and oxygen atoms in total. The van der Waals surface area contributed by atoms with E-state index in [9.17, 15) is 9.90 Å². The number of nitrogens with zero attached hydrogens (tertiary/aromatic N) is 1. The molecule has 0 spiro atoms. The number of carbonyl (C=O) groups is 1. The quantitative estimate of drug-likeness (QED) is 0.590. The molecule has 0 fully saturated rings. The standard InChI is InChI=1S/C15H25N3O3/c1-18(10-14(19)11-21-2)9-3-4-15(20)17-13-7-5-12(16)6-8-13/h5-8,14,19H,3-4,9-11,16H2,1-2H3,(H,17,20).